The predicted octanol–water partition coefficient (Wildman–Crippen LogP) is 2.95. The van der Waals surface area contributed by atoms with Gasteiger partial charge in [0.2, 0.25) is 0 Å². The lowest BCUT2D eigenvalue weighted by molar-refractivity contribution is 0.463. The summed E-state index contributed by atoms with van der Waals surface area (Å²) in [5.74, 6) is 1.39. The van der Waals surface area contributed by atoms with Crippen molar-refractivity contribution in [3.05, 3.63) is 18.0 Å². The Hall–Kier alpha value is -0.790. The Kier molecular flexibility index (Phi) is 3.32. The van der Waals surface area contributed by atoms with Crippen LogP contribution in [0.25, 0.3) is 0 Å². The first-order valence-electron chi connectivity index (χ1n) is 4.74. The molecule has 1 N–H and O–H groups in total. The van der Waals surface area contributed by atoms with Gasteiger partial charge in [-0.05, 0) is 23.8 Å². The third kappa shape index (κ3) is 2.10. The van der Waals surface area contributed by atoms with Gasteiger partial charge in [0.05, 0.1) is 6.20 Å². The van der Waals surface area contributed by atoms with Crippen LogP contribution < -0.4 is 0 Å². The molecule has 1 aromatic rings. The van der Waals surface area contributed by atoms with Crippen molar-refractivity contribution >= 4 is 0 Å². The Bertz CT molecular complexity index is 202. The SMILES string of the molecule is CCCC(c1cn[nH]c1)C(C)C. The molecular formula is C10H18N2. The highest BCUT2D eigenvalue weighted by Gasteiger charge is 2.14. The Balaban J connectivity index is 2.66. The molecule has 0 spiro atoms. The van der Waals surface area contributed by atoms with Gasteiger partial charge in [0.15, 0.2) is 0 Å². The molecule has 0 aromatic carbocycles. The molecule has 0 fully saturated rings. The molecule has 0 saturated carbocycles. The first-order chi connectivity index (χ1) is 5.75. The summed E-state index contributed by atoms with van der Waals surface area (Å²) in [6.45, 7) is 6.77. The quantitative estimate of drug-likeness (QED) is 0.732. The number of rotatable bonds is 4. The Labute approximate surface area is 74.4 Å². The molecule has 1 unspecified atom stereocenters. The van der Waals surface area contributed by atoms with Crippen LogP contribution in [-0.4, -0.2) is 10.2 Å². The van der Waals surface area contributed by atoms with Crippen molar-refractivity contribution in [3.63, 3.8) is 0 Å². The van der Waals surface area contributed by atoms with E-state index in [0.717, 1.165) is 0 Å². The first-order valence-corrected chi connectivity index (χ1v) is 4.74. The summed E-state index contributed by atoms with van der Waals surface area (Å²) in [7, 11) is 0. The molecule has 0 aliphatic carbocycles. The molecule has 1 aromatic heterocycles. The van der Waals surface area contributed by atoms with Gasteiger partial charge in [-0.1, -0.05) is 27.2 Å². The number of H-pyrrole nitrogens is 1. The zero-order chi connectivity index (χ0) is 8.97. The molecule has 0 radical (unpaired) electrons. The fourth-order valence-corrected chi connectivity index (χ4v) is 1.66. The highest BCUT2D eigenvalue weighted by molar-refractivity contribution is 5.10. The number of aromatic nitrogens is 2. The third-order valence-electron chi connectivity index (χ3n) is 2.35. The van der Waals surface area contributed by atoms with E-state index >= 15 is 0 Å². The van der Waals surface area contributed by atoms with Gasteiger partial charge < -0.3 is 0 Å². The standard InChI is InChI=1S/C10H18N2/c1-4-5-10(8(2)3)9-6-11-12-7-9/h6-8,10H,4-5H2,1-3H3,(H,11,12). The average Bonchev–Trinajstić information content (AvgIpc) is 2.51. The van der Waals surface area contributed by atoms with Gasteiger partial charge in [-0.25, -0.2) is 0 Å². The van der Waals surface area contributed by atoms with Gasteiger partial charge in [-0.2, -0.15) is 5.10 Å². The maximum Gasteiger partial charge on any atom is 0.0522 e. The molecule has 12 heavy (non-hydrogen) atoms. The fraction of sp³-hybridized carbons (Fsp3) is 0.700. The van der Waals surface area contributed by atoms with Gasteiger partial charge in [0.25, 0.3) is 0 Å². The summed E-state index contributed by atoms with van der Waals surface area (Å²) < 4.78 is 0. The molecule has 0 bridgehead atoms. The van der Waals surface area contributed by atoms with E-state index in [1.165, 1.54) is 18.4 Å². The molecule has 1 rings (SSSR count). The molecule has 0 aliphatic rings. The van der Waals surface area contributed by atoms with Crippen molar-refractivity contribution in [2.45, 2.75) is 39.5 Å². The van der Waals surface area contributed by atoms with Crippen LogP contribution >= 0.6 is 0 Å². The molecular weight excluding hydrogens is 148 g/mol. The average molecular weight is 166 g/mol. The van der Waals surface area contributed by atoms with Crippen LogP contribution in [0.15, 0.2) is 12.4 Å². The van der Waals surface area contributed by atoms with Crippen molar-refractivity contribution in [2.75, 3.05) is 0 Å². The van der Waals surface area contributed by atoms with Crippen LogP contribution in [0.1, 0.15) is 45.1 Å². The molecule has 2 nitrogen and oxygen atoms in total. The highest BCUT2D eigenvalue weighted by Crippen LogP contribution is 2.27. The second-order valence-electron chi connectivity index (χ2n) is 3.67. The van der Waals surface area contributed by atoms with E-state index in [9.17, 15) is 0 Å². The summed E-state index contributed by atoms with van der Waals surface area (Å²) in [5, 5.41) is 6.86. The Morgan fingerprint density at radius 2 is 2.25 bits per heavy atom. The van der Waals surface area contributed by atoms with E-state index in [2.05, 4.69) is 31.0 Å². The summed E-state index contributed by atoms with van der Waals surface area (Å²) in [6.07, 6.45) is 6.46. The number of aromatic amines is 1. The van der Waals surface area contributed by atoms with E-state index in [1.807, 2.05) is 12.4 Å². The van der Waals surface area contributed by atoms with Crippen molar-refractivity contribution in [1.82, 2.24) is 10.2 Å². The lowest BCUT2D eigenvalue weighted by atomic mass is 9.87. The summed E-state index contributed by atoms with van der Waals surface area (Å²) in [6, 6.07) is 0. The Morgan fingerprint density at radius 3 is 2.67 bits per heavy atom. The number of nitrogens with zero attached hydrogens (tertiary/aromatic N) is 1. The minimum absolute atomic E-state index is 0.675. The van der Waals surface area contributed by atoms with Gasteiger partial charge >= 0.3 is 0 Å². The second-order valence-corrected chi connectivity index (χ2v) is 3.67. The van der Waals surface area contributed by atoms with Gasteiger partial charge in [0.1, 0.15) is 0 Å². The van der Waals surface area contributed by atoms with Crippen LogP contribution in [0, 0.1) is 5.92 Å². The van der Waals surface area contributed by atoms with Crippen LogP contribution in [0.4, 0.5) is 0 Å². The van der Waals surface area contributed by atoms with Crippen molar-refractivity contribution in [3.8, 4) is 0 Å². The topological polar surface area (TPSA) is 28.7 Å². The van der Waals surface area contributed by atoms with Crippen molar-refractivity contribution in [2.24, 2.45) is 5.92 Å². The van der Waals surface area contributed by atoms with Gasteiger partial charge in [-0.3, -0.25) is 5.10 Å². The number of hydrogen-bond acceptors (Lipinski definition) is 1. The Morgan fingerprint density at radius 1 is 1.50 bits per heavy atom. The molecule has 68 valence electrons. The minimum atomic E-state index is 0.675. The van der Waals surface area contributed by atoms with E-state index in [1.54, 1.807) is 0 Å². The fourth-order valence-electron chi connectivity index (χ4n) is 1.66. The maximum atomic E-state index is 3.98. The minimum Gasteiger partial charge on any atom is -0.285 e. The lowest BCUT2D eigenvalue weighted by Crippen LogP contribution is -2.05. The molecule has 0 saturated heterocycles. The zero-order valence-corrected chi connectivity index (χ0v) is 8.17. The smallest absolute Gasteiger partial charge is 0.0522 e. The highest BCUT2D eigenvalue weighted by atomic mass is 15.1. The number of nitrogens with one attached hydrogen (secondary N) is 1. The molecule has 0 amide bonds. The molecule has 1 heterocycles. The van der Waals surface area contributed by atoms with Gasteiger partial charge in [0, 0.05) is 6.20 Å². The molecule has 1 atom stereocenters. The van der Waals surface area contributed by atoms with Crippen molar-refractivity contribution < 1.29 is 0 Å². The number of hydrogen-bond donors (Lipinski definition) is 1. The van der Waals surface area contributed by atoms with Crippen LogP contribution in [-0.2, 0) is 0 Å². The molecule has 2 heteroatoms. The predicted molar refractivity (Wildman–Crippen MR) is 51.1 cm³/mol. The van der Waals surface area contributed by atoms with E-state index in [0.29, 0.717) is 11.8 Å². The summed E-state index contributed by atoms with van der Waals surface area (Å²) in [4.78, 5) is 0. The maximum absolute atomic E-state index is 3.98. The monoisotopic (exact) mass is 166 g/mol. The molecule has 0 aliphatic heterocycles. The van der Waals surface area contributed by atoms with E-state index in [-0.39, 0.29) is 0 Å². The second kappa shape index (κ2) is 4.29. The summed E-state index contributed by atoms with van der Waals surface area (Å²) >= 11 is 0. The summed E-state index contributed by atoms with van der Waals surface area (Å²) in [5.41, 5.74) is 1.35. The van der Waals surface area contributed by atoms with Crippen LogP contribution in [0.5, 0.6) is 0 Å². The van der Waals surface area contributed by atoms with Crippen LogP contribution in [0.3, 0.4) is 0 Å². The first kappa shape index (κ1) is 9.30. The van der Waals surface area contributed by atoms with Crippen molar-refractivity contribution in [1.29, 1.82) is 0 Å². The third-order valence-corrected chi connectivity index (χ3v) is 2.35. The van der Waals surface area contributed by atoms with E-state index in [4.69, 9.17) is 0 Å². The lowest BCUT2D eigenvalue weighted by Gasteiger charge is -2.18. The normalized spacial score (nSPS) is 13.7. The van der Waals surface area contributed by atoms with Gasteiger partial charge in [-0.15, -0.1) is 0 Å². The largest absolute Gasteiger partial charge is 0.285 e. The van der Waals surface area contributed by atoms with Crippen LogP contribution in [0.2, 0.25) is 0 Å². The van der Waals surface area contributed by atoms with E-state index < -0.39 is 0 Å². The zero-order valence-electron chi connectivity index (χ0n) is 8.17.